The van der Waals surface area contributed by atoms with E-state index in [0.29, 0.717) is 12.2 Å². The van der Waals surface area contributed by atoms with Crippen molar-refractivity contribution in [2.75, 3.05) is 7.11 Å². The number of ether oxygens (including phenoxy) is 2. The number of hydrogen-bond donors (Lipinski definition) is 1. The third kappa shape index (κ3) is 3.59. The van der Waals surface area contributed by atoms with Crippen LogP contribution < -0.4 is 5.73 Å². The van der Waals surface area contributed by atoms with Gasteiger partial charge in [-0.1, -0.05) is 36.4 Å². The van der Waals surface area contributed by atoms with Crippen molar-refractivity contribution in [2.45, 2.75) is 12.9 Å². The Morgan fingerprint density at radius 1 is 1.08 bits per heavy atom. The molecule has 0 saturated heterocycles. The van der Waals surface area contributed by atoms with Gasteiger partial charge in [0, 0.05) is 23.6 Å². The first-order valence-corrected chi connectivity index (χ1v) is 7.56. The number of aromatic nitrogens is 1. The van der Waals surface area contributed by atoms with Gasteiger partial charge in [0.2, 0.25) is 5.91 Å². The third-order valence-electron chi connectivity index (χ3n) is 3.72. The van der Waals surface area contributed by atoms with Crippen LogP contribution in [0.5, 0.6) is 0 Å². The molecule has 5 nitrogen and oxygen atoms in total. The van der Waals surface area contributed by atoms with Crippen LogP contribution in [0.25, 0.3) is 10.9 Å². The van der Waals surface area contributed by atoms with Crippen LogP contribution >= 0.6 is 0 Å². The maximum Gasteiger partial charge on any atom is 0.248 e. The van der Waals surface area contributed by atoms with Gasteiger partial charge in [-0.25, -0.2) is 0 Å². The van der Waals surface area contributed by atoms with Gasteiger partial charge >= 0.3 is 0 Å². The average Bonchev–Trinajstić information content (AvgIpc) is 2.62. The number of amides is 1. The zero-order valence-electron chi connectivity index (χ0n) is 13.3. The molecule has 0 aliphatic heterocycles. The summed E-state index contributed by atoms with van der Waals surface area (Å²) in [4.78, 5) is 15.7. The number of para-hydroxylation sites is 1. The molecule has 0 radical (unpaired) electrons. The lowest BCUT2D eigenvalue weighted by Gasteiger charge is -2.16. The normalized spacial score (nSPS) is 12.2. The van der Waals surface area contributed by atoms with E-state index >= 15 is 0 Å². The fraction of sp³-hybridized carbons (Fsp3) is 0.158. The van der Waals surface area contributed by atoms with Crippen molar-refractivity contribution < 1.29 is 14.3 Å². The Kier molecular flexibility index (Phi) is 4.84. The Balaban J connectivity index is 1.71. The van der Waals surface area contributed by atoms with E-state index in [1.54, 1.807) is 31.4 Å². The number of hydrogen-bond acceptors (Lipinski definition) is 4. The van der Waals surface area contributed by atoms with Crippen molar-refractivity contribution in [1.29, 1.82) is 0 Å². The summed E-state index contributed by atoms with van der Waals surface area (Å²) < 4.78 is 11.2. The number of rotatable bonds is 6. The van der Waals surface area contributed by atoms with E-state index in [9.17, 15) is 4.79 Å². The molecule has 1 unspecified atom stereocenters. The molecule has 0 spiro atoms. The number of primary amides is 1. The second kappa shape index (κ2) is 7.21. The summed E-state index contributed by atoms with van der Waals surface area (Å²) in [5, 5.41) is 1.09. The lowest BCUT2D eigenvalue weighted by atomic mass is 10.1. The summed E-state index contributed by atoms with van der Waals surface area (Å²) in [6, 6.07) is 18.7. The molecule has 5 heteroatoms. The second-order valence-electron chi connectivity index (χ2n) is 5.36. The Morgan fingerprint density at radius 2 is 1.83 bits per heavy atom. The topological polar surface area (TPSA) is 74.4 Å². The summed E-state index contributed by atoms with van der Waals surface area (Å²) in [5.74, 6) is -0.461. The molecule has 1 amide bonds. The molecule has 0 fully saturated rings. The van der Waals surface area contributed by atoms with Crippen molar-refractivity contribution in [2.24, 2.45) is 5.73 Å². The molecular weight excluding hydrogens is 304 g/mol. The number of benzene rings is 2. The van der Waals surface area contributed by atoms with Gasteiger partial charge in [0.1, 0.15) is 0 Å². The van der Waals surface area contributed by atoms with Crippen LogP contribution in [0.4, 0.5) is 0 Å². The quantitative estimate of drug-likeness (QED) is 0.707. The molecule has 0 aliphatic carbocycles. The van der Waals surface area contributed by atoms with Gasteiger partial charge in [-0.2, -0.15) is 0 Å². The van der Waals surface area contributed by atoms with Gasteiger partial charge in [-0.15, -0.1) is 0 Å². The molecule has 2 aromatic carbocycles. The van der Waals surface area contributed by atoms with Crippen molar-refractivity contribution in [3.8, 4) is 0 Å². The molecular formula is C19H18N2O3. The van der Waals surface area contributed by atoms with Crippen LogP contribution in [-0.2, 0) is 16.1 Å². The van der Waals surface area contributed by atoms with Crippen LogP contribution in [0.2, 0.25) is 0 Å². The van der Waals surface area contributed by atoms with E-state index in [0.717, 1.165) is 22.2 Å². The zero-order chi connectivity index (χ0) is 16.9. The first-order valence-electron chi connectivity index (χ1n) is 7.56. The Morgan fingerprint density at radius 3 is 2.54 bits per heavy atom. The molecule has 24 heavy (non-hydrogen) atoms. The second-order valence-corrected chi connectivity index (χ2v) is 5.36. The average molecular weight is 322 g/mol. The van der Waals surface area contributed by atoms with Crippen LogP contribution in [-0.4, -0.2) is 18.0 Å². The largest absolute Gasteiger partial charge is 0.366 e. The van der Waals surface area contributed by atoms with Crippen molar-refractivity contribution in [1.82, 2.24) is 4.98 Å². The number of nitrogens with zero attached hydrogens (tertiary/aromatic N) is 1. The van der Waals surface area contributed by atoms with E-state index in [1.165, 1.54) is 0 Å². The molecule has 0 bridgehead atoms. The summed E-state index contributed by atoms with van der Waals surface area (Å²) in [6.45, 7) is 0.320. The maximum atomic E-state index is 11.1. The molecule has 2 N–H and O–H groups in total. The number of pyridine rings is 1. The fourth-order valence-electron chi connectivity index (χ4n) is 2.45. The SMILES string of the molecule is COC(OCc1ccc2ccccc2n1)c1ccc(C(N)=O)cc1. The lowest BCUT2D eigenvalue weighted by molar-refractivity contribution is -0.136. The van der Waals surface area contributed by atoms with E-state index < -0.39 is 12.2 Å². The van der Waals surface area contributed by atoms with Crippen molar-refractivity contribution in [3.63, 3.8) is 0 Å². The predicted molar refractivity (Wildman–Crippen MR) is 91.2 cm³/mol. The summed E-state index contributed by atoms with van der Waals surface area (Å²) >= 11 is 0. The summed E-state index contributed by atoms with van der Waals surface area (Å²) in [6.07, 6.45) is -0.541. The molecule has 3 aromatic rings. The highest BCUT2D eigenvalue weighted by Gasteiger charge is 2.12. The van der Waals surface area contributed by atoms with Crippen LogP contribution in [0.15, 0.2) is 60.7 Å². The van der Waals surface area contributed by atoms with Crippen molar-refractivity contribution >= 4 is 16.8 Å². The number of carbonyl (C=O) groups is 1. The molecule has 1 heterocycles. The molecule has 1 atom stereocenters. The standard InChI is InChI=1S/C19H18N2O3/c1-23-19(15-8-6-14(7-9-15)18(20)22)24-12-16-11-10-13-4-2-3-5-17(13)21-16/h2-11,19H,12H2,1H3,(H2,20,22). The van der Waals surface area contributed by atoms with Gasteiger partial charge in [0.05, 0.1) is 17.8 Å². The highest BCUT2D eigenvalue weighted by atomic mass is 16.7. The van der Waals surface area contributed by atoms with Crippen LogP contribution in [0, 0.1) is 0 Å². The number of methoxy groups -OCH3 is 1. The summed E-state index contributed by atoms with van der Waals surface area (Å²) in [7, 11) is 1.57. The number of nitrogens with two attached hydrogens (primary N) is 1. The minimum atomic E-state index is -0.541. The van der Waals surface area contributed by atoms with Gasteiger partial charge in [0.15, 0.2) is 6.29 Å². The lowest BCUT2D eigenvalue weighted by Crippen LogP contribution is -2.12. The Hall–Kier alpha value is -2.76. The Labute approximate surface area is 140 Å². The van der Waals surface area contributed by atoms with Crippen molar-refractivity contribution in [3.05, 3.63) is 77.5 Å². The van der Waals surface area contributed by atoms with Gasteiger partial charge in [0.25, 0.3) is 0 Å². The molecule has 0 aliphatic rings. The minimum absolute atomic E-state index is 0.320. The minimum Gasteiger partial charge on any atom is -0.366 e. The summed E-state index contributed by atoms with van der Waals surface area (Å²) in [5.41, 5.74) is 8.25. The fourth-order valence-corrected chi connectivity index (χ4v) is 2.45. The first kappa shape index (κ1) is 16.1. The first-order chi connectivity index (χ1) is 11.7. The number of fused-ring (bicyclic) bond motifs is 1. The molecule has 1 aromatic heterocycles. The maximum absolute atomic E-state index is 11.1. The smallest absolute Gasteiger partial charge is 0.248 e. The third-order valence-corrected chi connectivity index (χ3v) is 3.72. The molecule has 122 valence electrons. The van der Waals surface area contributed by atoms with Gasteiger partial charge in [-0.3, -0.25) is 9.78 Å². The Bertz CT molecular complexity index is 847. The van der Waals surface area contributed by atoms with Crippen LogP contribution in [0.1, 0.15) is 27.9 Å². The predicted octanol–water partition coefficient (Wildman–Crippen LogP) is 3.20. The highest BCUT2D eigenvalue weighted by Crippen LogP contribution is 2.21. The van der Waals surface area contributed by atoms with Crippen LogP contribution in [0.3, 0.4) is 0 Å². The van der Waals surface area contributed by atoms with E-state index in [1.807, 2.05) is 36.4 Å². The van der Waals surface area contributed by atoms with Gasteiger partial charge < -0.3 is 15.2 Å². The molecule has 3 rings (SSSR count). The van der Waals surface area contributed by atoms with E-state index in [2.05, 4.69) is 4.98 Å². The monoisotopic (exact) mass is 322 g/mol. The molecule has 0 saturated carbocycles. The van der Waals surface area contributed by atoms with E-state index in [4.69, 9.17) is 15.2 Å². The zero-order valence-corrected chi connectivity index (χ0v) is 13.3. The number of carbonyl (C=O) groups excluding carboxylic acids is 1. The van der Waals surface area contributed by atoms with Gasteiger partial charge in [-0.05, 0) is 24.3 Å². The highest BCUT2D eigenvalue weighted by molar-refractivity contribution is 5.92. The van der Waals surface area contributed by atoms with E-state index in [-0.39, 0.29) is 0 Å².